The molecule has 0 saturated heterocycles. The maximum atomic E-state index is 12.5. The molecular weight excluding hydrogens is 356 g/mol. The molecule has 8 heteroatoms. The van der Waals surface area contributed by atoms with Crippen LogP contribution in [-0.2, 0) is 10.0 Å². The van der Waals surface area contributed by atoms with Crippen molar-refractivity contribution < 1.29 is 22.7 Å². The minimum Gasteiger partial charge on any atom is -0.497 e. The van der Waals surface area contributed by atoms with Crippen molar-refractivity contribution in [1.82, 2.24) is 4.31 Å². The largest absolute Gasteiger partial charge is 0.497 e. The number of nitrogens with one attached hydrogen (secondary N) is 1. The summed E-state index contributed by atoms with van der Waals surface area (Å²) in [5.41, 5.74) is 1.31. The van der Waals surface area contributed by atoms with Crippen LogP contribution < -0.4 is 14.8 Å². The number of anilines is 1. The summed E-state index contributed by atoms with van der Waals surface area (Å²) in [4.78, 5) is 12.7. The van der Waals surface area contributed by atoms with E-state index in [1.54, 1.807) is 37.3 Å². The number of ether oxygens (including phenoxy) is 2. The lowest BCUT2D eigenvalue weighted by Gasteiger charge is -2.15. The molecule has 1 N–H and O–H groups in total. The van der Waals surface area contributed by atoms with E-state index < -0.39 is 15.9 Å². The van der Waals surface area contributed by atoms with Crippen molar-refractivity contribution in [3.8, 4) is 11.5 Å². The van der Waals surface area contributed by atoms with Crippen molar-refractivity contribution in [2.75, 3.05) is 33.6 Å². The zero-order valence-electron chi connectivity index (χ0n) is 15.4. The zero-order chi connectivity index (χ0) is 19.5. The van der Waals surface area contributed by atoms with Crippen molar-refractivity contribution in [3.63, 3.8) is 0 Å². The smallest absolute Gasteiger partial charge is 0.255 e. The maximum absolute atomic E-state index is 12.5. The van der Waals surface area contributed by atoms with Gasteiger partial charge in [0.2, 0.25) is 10.0 Å². The molecule has 0 bridgehead atoms. The Hall–Kier alpha value is -2.58. The molecule has 0 atom stereocenters. The van der Waals surface area contributed by atoms with Crippen LogP contribution in [-0.4, -0.2) is 46.9 Å². The summed E-state index contributed by atoms with van der Waals surface area (Å²) in [7, 11) is 2.30. The van der Waals surface area contributed by atoms with Crippen molar-refractivity contribution >= 4 is 21.6 Å². The van der Waals surface area contributed by atoms with Gasteiger partial charge in [-0.1, -0.05) is 6.07 Å². The molecule has 0 saturated carbocycles. The van der Waals surface area contributed by atoms with Crippen LogP contribution in [0.5, 0.6) is 11.5 Å². The third-order valence-electron chi connectivity index (χ3n) is 3.82. The Morgan fingerprint density at radius 3 is 2.08 bits per heavy atom. The summed E-state index contributed by atoms with van der Waals surface area (Å²) in [6, 6.07) is 9.55. The van der Waals surface area contributed by atoms with Gasteiger partial charge in [-0.25, -0.2) is 12.7 Å². The fraction of sp³-hybridized carbons (Fsp3) is 0.278. The molecular formula is C18H22N2O5S. The summed E-state index contributed by atoms with van der Waals surface area (Å²) in [6.45, 7) is 1.70. The number of aryl methyl sites for hydroxylation is 1. The van der Waals surface area contributed by atoms with E-state index >= 15 is 0 Å². The van der Waals surface area contributed by atoms with Gasteiger partial charge in [0.05, 0.1) is 19.1 Å². The Labute approximate surface area is 153 Å². The number of methoxy groups -OCH3 is 2. The Bertz CT molecular complexity index is 901. The van der Waals surface area contributed by atoms with Gasteiger partial charge >= 0.3 is 0 Å². The standard InChI is InChI=1S/C18H22N2O5S/c1-12-6-7-14(10-17(12)26(22,23)20(2)3)19-18(21)13-8-15(24-4)11-16(9-13)25-5/h6-11H,1-5H3,(H,19,21). The van der Waals surface area contributed by atoms with Gasteiger partial charge in [-0.3, -0.25) is 4.79 Å². The van der Waals surface area contributed by atoms with Crippen molar-refractivity contribution in [2.45, 2.75) is 11.8 Å². The first-order valence-corrected chi connectivity index (χ1v) is 9.20. The Morgan fingerprint density at radius 2 is 1.58 bits per heavy atom. The first-order valence-electron chi connectivity index (χ1n) is 7.76. The molecule has 0 aliphatic carbocycles. The molecule has 0 fully saturated rings. The topological polar surface area (TPSA) is 84.9 Å². The Morgan fingerprint density at radius 1 is 1.00 bits per heavy atom. The molecule has 0 aromatic heterocycles. The molecule has 0 radical (unpaired) electrons. The van der Waals surface area contributed by atoms with Gasteiger partial charge in [-0.05, 0) is 36.8 Å². The first-order chi connectivity index (χ1) is 12.2. The fourth-order valence-corrected chi connectivity index (χ4v) is 3.44. The van der Waals surface area contributed by atoms with Gasteiger partial charge < -0.3 is 14.8 Å². The highest BCUT2D eigenvalue weighted by Crippen LogP contribution is 2.25. The number of benzene rings is 2. The van der Waals surface area contributed by atoms with Crippen molar-refractivity contribution in [2.24, 2.45) is 0 Å². The van der Waals surface area contributed by atoms with Crippen LogP contribution in [0.3, 0.4) is 0 Å². The van der Waals surface area contributed by atoms with Gasteiger partial charge in [-0.15, -0.1) is 0 Å². The normalized spacial score (nSPS) is 11.3. The van der Waals surface area contributed by atoms with Crippen LogP contribution in [0.4, 0.5) is 5.69 Å². The quantitative estimate of drug-likeness (QED) is 0.835. The average molecular weight is 378 g/mol. The molecule has 0 spiro atoms. The molecule has 7 nitrogen and oxygen atoms in total. The summed E-state index contributed by atoms with van der Waals surface area (Å²) in [5.74, 6) is 0.558. The monoisotopic (exact) mass is 378 g/mol. The summed E-state index contributed by atoms with van der Waals surface area (Å²) < 4.78 is 36.3. The number of amides is 1. The number of carbonyl (C=O) groups excluding carboxylic acids is 1. The number of rotatable bonds is 6. The minimum absolute atomic E-state index is 0.142. The van der Waals surface area contributed by atoms with Crippen LogP contribution in [0.2, 0.25) is 0 Å². The predicted molar refractivity (Wildman–Crippen MR) is 99.6 cm³/mol. The number of carbonyl (C=O) groups is 1. The summed E-state index contributed by atoms with van der Waals surface area (Å²) in [6.07, 6.45) is 0. The summed E-state index contributed by atoms with van der Waals surface area (Å²) in [5, 5.41) is 2.71. The van der Waals surface area contributed by atoms with Crippen molar-refractivity contribution in [3.05, 3.63) is 47.5 Å². The second kappa shape index (κ2) is 7.76. The fourth-order valence-electron chi connectivity index (χ4n) is 2.29. The molecule has 2 rings (SSSR count). The lowest BCUT2D eigenvalue weighted by Crippen LogP contribution is -2.23. The predicted octanol–water partition coefficient (Wildman–Crippen LogP) is 2.51. The molecule has 26 heavy (non-hydrogen) atoms. The van der Waals surface area contributed by atoms with Crippen LogP contribution in [0.1, 0.15) is 15.9 Å². The van der Waals surface area contributed by atoms with Gasteiger partial charge in [-0.2, -0.15) is 0 Å². The third kappa shape index (κ3) is 4.14. The van der Waals surface area contributed by atoms with Crippen LogP contribution in [0.25, 0.3) is 0 Å². The molecule has 2 aromatic carbocycles. The van der Waals surface area contributed by atoms with Gasteiger partial charge in [0, 0.05) is 31.4 Å². The van der Waals surface area contributed by atoms with Gasteiger partial charge in [0.15, 0.2) is 0 Å². The second-order valence-corrected chi connectivity index (χ2v) is 7.94. The van der Waals surface area contributed by atoms with E-state index in [0.29, 0.717) is 28.3 Å². The van der Waals surface area contributed by atoms with Crippen molar-refractivity contribution in [1.29, 1.82) is 0 Å². The lowest BCUT2D eigenvalue weighted by atomic mass is 10.1. The molecule has 0 aliphatic rings. The molecule has 2 aromatic rings. The van der Waals surface area contributed by atoms with E-state index in [9.17, 15) is 13.2 Å². The summed E-state index contributed by atoms with van der Waals surface area (Å²) >= 11 is 0. The lowest BCUT2D eigenvalue weighted by molar-refractivity contribution is 0.102. The van der Waals surface area contributed by atoms with E-state index in [1.807, 2.05) is 0 Å². The van der Waals surface area contributed by atoms with E-state index in [4.69, 9.17) is 9.47 Å². The van der Waals surface area contributed by atoms with Crippen LogP contribution in [0.15, 0.2) is 41.3 Å². The van der Waals surface area contributed by atoms with E-state index in [0.717, 1.165) is 4.31 Å². The number of hydrogen-bond donors (Lipinski definition) is 1. The molecule has 0 unspecified atom stereocenters. The number of nitrogens with zero attached hydrogens (tertiary/aromatic N) is 1. The first kappa shape index (κ1) is 19.7. The second-order valence-electron chi connectivity index (χ2n) is 5.82. The SMILES string of the molecule is COc1cc(OC)cc(C(=O)Nc2ccc(C)c(S(=O)(=O)N(C)C)c2)c1. The number of hydrogen-bond acceptors (Lipinski definition) is 5. The highest BCUT2D eigenvalue weighted by atomic mass is 32.2. The maximum Gasteiger partial charge on any atom is 0.255 e. The minimum atomic E-state index is -3.61. The highest BCUT2D eigenvalue weighted by molar-refractivity contribution is 7.89. The highest BCUT2D eigenvalue weighted by Gasteiger charge is 2.20. The average Bonchev–Trinajstić information content (AvgIpc) is 2.62. The molecule has 0 aliphatic heterocycles. The van der Waals surface area contributed by atoms with Gasteiger partial charge in [0.1, 0.15) is 11.5 Å². The van der Waals surface area contributed by atoms with Gasteiger partial charge in [0.25, 0.3) is 5.91 Å². The van der Waals surface area contributed by atoms with E-state index in [-0.39, 0.29) is 4.90 Å². The van der Waals surface area contributed by atoms with Crippen LogP contribution >= 0.6 is 0 Å². The molecule has 1 amide bonds. The number of sulfonamides is 1. The van der Waals surface area contributed by atoms with Crippen LogP contribution in [0, 0.1) is 6.92 Å². The third-order valence-corrected chi connectivity index (χ3v) is 5.78. The Kier molecular flexibility index (Phi) is 5.89. The molecule has 140 valence electrons. The van der Waals surface area contributed by atoms with E-state index in [2.05, 4.69) is 5.32 Å². The zero-order valence-corrected chi connectivity index (χ0v) is 16.2. The molecule has 0 heterocycles. The van der Waals surface area contributed by atoms with E-state index in [1.165, 1.54) is 34.4 Å². The Balaban J connectivity index is 2.36.